The minimum Gasteiger partial charge on any atom is -0.456 e. The number of hydrogen-bond acceptors (Lipinski definition) is 3. The van der Waals surface area contributed by atoms with Gasteiger partial charge < -0.3 is 18.2 Å². The second kappa shape index (κ2) is 13.4. The topological polar surface area (TPSA) is 34.5 Å². The Bertz CT molecular complexity index is 4520. The van der Waals surface area contributed by atoms with Crippen LogP contribution in [0.3, 0.4) is 0 Å². The Balaban J connectivity index is 1.14. The fourth-order valence-corrected chi connectivity index (χ4v) is 12.7. The minimum atomic E-state index is -0.197. The zero-order chi connectivity index (χ0) is 45.2. The lowest BCUT2D eigenvalue weighted by Crippen LogP contribution is -2.56. The number of rotatable bonds is 3. The molecular weight excluding hydrogens is 840 g/mol. The van der Waals surface area contributed by atoms with Gasteiger partial charge in [-0.05, 0) is 134 Å². The zero-order valence-corrected chi connectivity index (χ0v) is 37.8. The third kappa shape index (κ3) is 4.88. The number of aryl methyl sites for hydroxylation is 2. The molecule has 5 heteroatoms. The van der Waals surface area contributed by atoms with E-state index in [9.17, 15) is 0 Å². The van der Waals surface area contributed by atoms with Crippen LogP contribution in [0.5, 0.6) is 0 Å². The van der Waals surface area contributed by atoms with Crippen LogP contribution < -0.4 is 15.8 Å². The highest BCUT2D eigenvalue weighted by atomic mass is 16.3. The average Bonchev–Trinajstić information content (AvgIpc) is 4.09. The van der Waals surface area contributed by atoms with Gasteiger partial charge in [0.2, 0.25) is 0 Å². The summed E-state index contributed by atoms with van der Waals surface area (Å²) < 4.78 is 16.7. The lowest BCUT2D eigenvalue weighted by molar-refractivity contribution is 0.669. The molecule has 14 aromatic rings. The van der Waals surface area contributed by atoms with Crippen molar-refractivity contribution in [3.8, 4) is 33.4 Å². The SMILES string of the molecule is Cc1c2ccccc2c(C)c2cc3c(cc12)B1c2c(cc4oc5ccccc5c4c2-c2cc4c5ccccc5oc4c4c5ccccc5n1c24)N3c1cc(-c2ccccc2)cc(-c2ccccc2)c1. The number of nitrogens with zero attached hydrogens (tertiary/aromatic N) is 2. The van der Waals surface area contributed by atoms with Crippen molar-refractivity contribution in [2.75, 3.05) is 4.90 Å². The first kappa shape index (κ1) is 37.3. The van der Waals surface area contributed by atoms with Crippen LogP contribution in [0.1, 0.15) is 11.1 Å². The molecule has 11 aromatic carbocycles. The van der Waals surface area contributed by atoms with E-state index in [2.05, 4.69) is 223 Å². The van der Waals surface area contributed by atoms with E-state index in [1.54, 1.807) is 0 Å². The number of anilines is 3. The number of para-hydroxylation sites is 3. The first-order valence-corrected chi connectivity index (χ1v) is 23.9. The van der Waals surface area contributed by atoms with Crippen molar-refractivity contribution >= 4 is 122 Å². The molecule has 0 atom stereocenters. The fourth-order valence-electron chi connectivity index (χ4n) is 12.7. The Labute approximate surface area is 397 Å². The molecule has 2 aliphatic rings. The minimum absolute atomic E-state index is 0.197. The van der Waals surface area contributed by atoms with E-state index < -0.39 is 0 Å². The third-order valence-corrected chi connectivity index (χ3v) is 15.7. The van der Waals surface area contributed by atoms with Gasteiger partial charge in [0, 0.05) is 66.7 Å². The van der Waals surface area contributed by atoms with E-state index in [1.807, 2.05) is 0 Å². The number of fused-ring (bicyclic) bond motifs is 17. The van der Waals surface area contributed by atoms with Gasteiger partial charge in [-0.2, -0.15) is 0 Å². The molecule has 0 bridgehead atoms. The van der Waals surface area contributed by atoms with Gasteiger partial charge >= 0.3 is 6.85 Å². The lowest BCUT2D eigenvalue weighted by atomic mass is 9.44. The molecule has 69 heavy (non-hydrogen) atoms. The van der Waals surface area contributed by atoms with E-state index in [4.69, 9.17) is 8.83 Å². The fraction of sp³-hybridized carbons (Fsp3) is 0.0312. The highest BCUT2D eigenvalue weighted by Crippen LogP contribution is 2.53. The molecule has 0 aliphatic carbocycles. The molecule has 2 aliphatic heterocycles. The van der Waals surface area contributed by atoms with Gasteiger partial charge in [-0.25, -0.2) is 0 Å². The normalized spacial score (nSPS) is 13.0. The third-order valence-electron chi connectivity index (χ3n) is 15.7. The van der Waals surface area contributed by atoms with E-state index in [0.717, 1.165) is 77.5 Å². The molecule has 0 saturated carbocycles. The lowest BCUT2D eigenvalue weighted by Gasteiger charge is -2.41. The number of benzene rings is 11. The molecule has 4 nitrogen and oxygen atoms in total. The first-order chi connectivity index (χ1) is 34.1. The first-order valence-electron chi connectivity index (χ1n) is 23.9. The van der Waals surface area contributed by atoms with E-state index in [1.165, 1.54) is 82.3 Å². The highest BCUT2D eigenvalue weighted by Gasteiger charge is 2.45. The van der Waals surface area contributed by atoms with Crippen LogP contribution in [0.15, 0.2) is 209 Å². The molecule has 0 saturated heterocycles. The van der Waals surface area contributed by atoms with Crippen LogP contribution in [0.2, 0.25) is 0 Å². The second-order valence-corrected chi connectivity index (χ2v) is 19.2. The largest absolute Gasteiger partial charge is 0.456 e. The maximum absolute atomic E-state index is 7.07. The molecule has 16 rings (SSSR count). The van der Waals surface area contributed by atoms with E-state index in [-0.39, 0.29) is 6.85 Å². The van der Waals surface area contributed by atoms with Gasteiger partial charge in [-0.15, -0.1) is 0 Å². The van der Waals surface area contributed by atoms with Crippen molar-refractivity contribution in [1.29, 1.82) is 0 Å². The molecule has 0 radical (unpaired) electrons. The summed E-state index contributed by atoms with van der Waals surface area (Å²) in [6.45, 7) is 4.41. The molecule has 0 fully saturated rings. The molecule has 3 aromatic heterocycles. The summed E-state index contributed by atoms with van der Waals surface area (Å²) in [7, 11) is 0. The quantitative estimate of drug-likeness (QED) is 0.131. The van der Waals surface area contributed by atoms with Crippen molar-refractivity contribution in [3.05, 3.63) is 211 Å². The van der Waals surface area contributed by atoms with Crippen molar-refractivity contribution in [3.63, 3.8) is 0 Å². The maximum Gasteiger partial charge on any atom is 0.333 e. The van der Waals surface area contributed by atoms with Gasteiger partial charge in [0.15, 0.2) is 0 Å². The van der Waals surface area contributed by atoms with Crippen LogP contribution in [0.4, 0.5) is 17.1 Å². The smallest absolute Gasteiger partial charge is 0.333 e. The summed E-state index contributed by atoms with van der Waals surface area (Å²) in [5, 5.41) is 11.9. The summed E-state index contributed by atoms with van der Waals surface area (Å²) in [6.07, 6.45) is 0. The van der Waals surface area contributed by atoms with Crippen LogP contribution in [0, 0.1) is 13.8 Å². The Morgan fingerprint density at radius 3 is 1.68 bits per heavy atom. The zero-order valence-electron chi connectivity index (χ0n) is 37.8. The van der Waals surface area contributed by atoms with Crippen LogP contribution in [-0.4, -0.2) is 11.3 Å². The van der Waals surface area contributed by atoms with Gasteiger partial charge in [0.05, 0.1) is 5.39 Å². The highest BCUT2D eigenvalue weighted by molar-refractivity contribution is 6.90. The molecule has 0 spiro atoms. The van der Waals surface area contributed by atoms with Crippen molar-refractivity contribution < 1.29 is 8.83 Å². The van der Waals surface area contributed by atoms with Crippen LogP contribution in [-0.2, 0) is 0 Å². The average molecular weight is 879 g/mol. The number of aromatic nitrogens is 1. The van der Waals surface area contributed by atoms with Crippen molar-refractivity contribution in [1.82, 2.24) is 4.48 Å². The monoisotopic (exact) mass is 878 g/mol. The summed E-state index contributed by atoms with van der Waals surface area (Å²) in [4.78, 5) is 2.57. The second-order valence-electron chi connectivity index (χ2n) is 19.2. The summed E-state index contributed by atoms with van der Waals surface area (Å²) in [5.41, 5.74) is 21.5. The van der Waals surface area contributed by atoms with E-state index >= 15 is 0 Å². The summed E-state index contributed by atoms with van der Waals surface area (Å²) >= 11 is 0. The number of furan rings is 2. The number of hydrogen-bond donors (Lipinski definition) is 0. The van der Waals surface area contributed by atoms with E-state index in [0.29, 0.717) is 0 Å². The van der Waals surface area contributed by atoms with Crippen LogP contribution in [0.25, 0.3) is 121 Å². The van der Waals surface area contributed by atoms with Crippen LogP contribution >= 0.6 is 0 Å². The molecule has 0 N–H and O–H groups in total. The molecule has 5 heterocycles. The Hall–Kier alpha value is -8.80. The molecule has 320 valence electrons. The summed E-state index contributed by atoms with van der Waals surface area (Å²) in [6, 6.07) is 73.6. The molecule has 0 unspecified atom stereocenters. The predicted molar refractivity (Wildman–Crippen MR) is 290 cm³/mol. The van der Waals surface area contributed by atoms with Crippen molar-refractivity contribution in [2.45, 2.75) is 13.8 Å². The van der Waals surface area contributed by atoms with Gasteiger partial charge in [-0.3, -0.25) is 0 Å². The van der Waals surface area contributed by atoms with Crippen molar-refractivity contribution in [2.24, 2.45) is 0 Å². The Kier molecular flexibility index (Phi) is 7.26. The molecular formula is C64H39BN2O2. The predicted octanol–water partition coefficient (Wildman–Crippen LogP) is 16.3. The maximum atomic E-state index is 7.07. The van der Waals surface area contributed by atoms with Gasteiger partial charge in [-0.1, -0.05) is 146 Å². The summed E-state index contributed by atoms with van der Waals surface area (Å²) in [5.74, 6) is 0. The standard InChI is InChI=1S/C64H39BN2O2/c1-36-43-21-9-10-22-44(43)37(2)49-34-54-52(33-48(36)49)65-62-55(66(54)42-30-40(38-17-5-3-6-18-38)29-41(31-42)39-19-7-4-8-20-39)35-58-59(47-25-13-16-28-57(47)68-58)60(62)51-32-50-45-23-12-15-27-56(45)69-64(50)61-46-24-11-14-26-53(46)67(65)63(51)61/h3-35H,1-2H3. The van der Waals surface area contributed by atoms with Gasteiger partial charge in [0.25, 0.3) is 0 Å². The molecule has 0 amide bonds. The van der Waals surface area contributed by atoms with Gasteiger partial charge in [0.1, 0.15) is 22.3 Å². The Morgan fingerprint density at radius 2 is 0.986 bits per heavy atom. The Morgan fingerprint density at radius 1 is 0.406 bits per heavy atom.